The first kappa shape index (κ1) is 19.2. The molecule has 8 heteroatoms. The van der Waals surface area contributed by atoms with Crippen molar-refractivity contribution in [1.29, 1.82) is 0 Å². The van der Waals surface area contributed by atoms with E-state index in [9.17, 15) is 30.7 Å². The Morgan fingerprint density at radius 3 is 1.74 bits per heavy atom. The topological polar surface area (TPSA) is 0 Å². The average Bonchev–Trinajstić information content (AvgIpc) is 2.25. The summed E-state index contributed by atoms with van der Waals surface area (Å²) in [4.78, 5) is 0. The molecule has 19 heavy (non-hydrogen) atoms. The van der Waals surface area contributed by atoms with Crippen LogP contribution in [0.2, 0.25) is 0 Å². The first-order valence-corrected chi connectivity index (χ1v) is 7.14. The molecule has 0 nitrogen and oxygen atoms in total. The van der Waals surface area contributed by atoms with Gasteiger partial charge in [0.2, 0.25) is 0 Å². The van der Waals surface area contributed by atoms with E-state index < -0.39 is 34.3 Å². The zero-order valence-electron chi connectivity index (χ0n) is 10.5. The van der Waals surface area contributed by atoms with E-state index in [1.54, 1.807) is 6.92 Å². The first-order valence-electron chi connectivity index (χ1n) is 5.89. The van der Waals surface area contributed by atoms with Crippen LogP contribution in [0.3, 0.4) is 0 Å². The highest BCUT2D eigenvalue weighted by Crippen LogP contribution is 2.52. The Balaban J connectivity index is 5.23. The van der Waals surface area contributed by atoms with Crippen LogP contribution in [0.15, 0.2) is 0 Å². The molecule has 0 saturated carbocycles. The van der Waals surface area contributed by atoms with Gasteiger partial charge in [0, 0.05) is 9.84 Å². The van der Waals surface area contributed by atoms with Crippen molar-refractivity contribution < 1.29 is 30.7 Å². The summed E-state index contributed by atoms with van der Waals surface area (Å²) < 4.78 is 88.4. The van der Waals surface area contributed by atoms with Gasteiger partial charge in [-0.3, -0.25) is 0 Å². The molecular weight excluding hydrogens is 392 g/mol. The molecule has 0 spiro atoms. The lowest BCUT2D eigenvalue weighted by molar-refractivity contribution is -0.365. The van der Waals surface area contributed by atoms with E-state index in [4.69, 9.17) is 0 Å². The van der Waals surface area contributed by atoms with Crippen molar-refractivity contribution in [3.05, 3.63) is 0 Å². The number of alkyl halides is 8. The average molecular weight is 408 g/mol. The second kappa shape index (κ2) is 6.80. The van der Waals surface area contributed by atoms with Crippen LogP contribution in [-0.2, 0) is 0 Å². The lowest BCUT2D eigenvalue weighted by Gasteiger charge is -2.36. The lowest BCUT2D eigenvalue weighted by Crippen LogP contribution is -2.57. The quantitative estimate of drug-likeness (QED) is 0.282. The van der Waals surface area contributed by atoms with Gasteiger partial charge in [0.05, 0.1) is 0 Å². The van der Waals surface area contributed by atoms with Gasteiger partial charge in [-0.2, -0.15) is 30.7 Å². The molecule has 0 aliphatic heterocycles. The summed E-state index contributed by atoms with van der Waals surface area (Å²) in [6, 6.07) is 0. The fraction of sp³-hybridized carbons (Fsp3) is 1.00. The predicted molar refractivity (Wildman–Crippen MR) is 67.1 cm³/mol. The van der Waals surface area contributed by atoms with Crippen molar-refractivity contribution in [2.45, 2.75) is 61.5 Å². The van der Waals surface area contributed by atoms with Gasteiger partial charge in [-0.25, -0.2) is 0 Å². The fourth-order valence-corrected chi connectivity index (χ4v) is 3.16. The van der Waals surface area contributed by atoms with Gasteiger partial charge in [0.1, 0.15) is 0 Å². The fourth-order valence-electron chi connectivity index (χ4n) is 1.76. The third-order valence-corrected chi connectivity index (χ3v) is 4.44. The molecule has 0 radical (unpaired) electrons. The van der Waals surface area contributed by atoms with Crippen LogP contribution >= 0.6 is 22.6 Å². The monoisotopic (exact) mass is 408 g/mol. The highest BCUT2D eigenvalue weighted by molar-refractivity contribution is 14.1. The Morgan fingerprint density at radius 1 is 0.947 bits per heavy atom. The second-order valence-corrected chi connectivity index (χ2v) is 5.97. The molecule has 0 N–H and O–H groups in total. The highest BCUT2D eigenvalue weighted by atomic mass is 127. The van der Waals surface area contributed by atoms with E-state index in [1.807, 2.05) is 0 Å². The summed E-state index contributed by atoms with van der Waals surface area (Å²) in [6.07, 6.45) is -5.31. The standard InChI is InChI=1S/C11H16F7I/c1-3-5-6-8(19)7(4-2)9(12,13)10(14,15)11(16,17)18/h7-8H,3-6H2,1-2H3. The van der Waals surface area contributed by atoms with Crippen molar-refractivity contribution >= 4 is 22.6 Å². The maximum Gasteiger partial charge on any atom is 0.459 e. The summed E-state index contributed by atoms with van der Waals surface area (Å²) in [6.45, 7) is 2.98. The molecule has 0 bridgehead atoms. The molecule has 116 valence electrons. The van der Waals surface area contributed by atoms with E-state index in [-0.39, 0.29) is 6.42 Å². The number of unbranched alkanes of at least 4 members (excludes halogenated alkanes) is 1. The van der Waals surface area contributed by atoms with Crippen molar-refractivity contribution in [3.63, 3.8) is 0 Å². The Hall–Kier alpha value is 0.240. The van der Waals surface area contributed by atoms with Gasteiger partial charge < -0.3 is 0 Å². The van der Waals surface area contributed by atoms with E-state index in [0.29, 0.717) is 12.8 Å². The third-order valence-electron chi connectivity index (χ3n) is 2.95. The minimum absolute atomic E-state index is 0.194. The van der Waals surface area contributed by atoms with Gasteiger partial charge in [0.15, 0.2) is 0 Å². The Kier molecular flexibility index (Phi) is 6.88. The van der Waals surface area contributed by atoms with Crippen LogP contribution in [-0.4, -0.2) is 21.9 Å². The van der Waals surface area contributed by atoms with Crippen molar-refractivity contribution in [2.24, 2.45) is 5.92 Å². The van der Waals surface area contributed by atoms with Gasteiger partial charge in [0.25, 0.3) is 0 Å². The SMILES string of the molecule is CCCCC(I)C(CC)C(F)(F)C(F)(F)C(F)(F)F. The zero-order valence-corrected chi connectivity index (χ0v) is 12.7. The van der Waals surface area contributed by atoms with Crippen LogP contribution in [0.25, 0.3) is 0 Å². The molecule has 0 rings (SSSR count). The van der Waals surface area contributed by atoms with Crippen LogP contribution in [0.4, 0.5) is 30.7 Å². The maximum absolute atomic E-state index is 13.6. The molecule has 0 saturated heterocycles. The maximum atomic E-state index is 13.6. The summed E-state index contributed by atoms with van der Waals surface area (Å²) in [5.41, 5.74) is 0. The molecule has 0 aromatic rings. The summed E-state index contributed by atoms with van der Waals surface area (Å²) in [5, 5.41) is 0. The normalized spacial score (nSPS) is 17.4. The largest absolute Gasteiger partial charge is 0.459 e. The van der Waals surface area contributed by atoms with E-state index in [1.165, 1.54) is 29.5 Å². The number of halogens is 8. The molecule has 2 unspecified atom stereocenters. The third kappa shape index (κ3) is 4.10. The number of rotatable bonds is 7. The zero-order chi connectivity index (χ0) is 15.5. The second-order valence-electron chi connectivity index (χ2n) is 4.37. The molecule has 0 aromatic heterocycles. The van der Waals surface area contributed by atoms with Gasteiger partial charge in [-0.15, -0.1) is 0 Å². The molecule has 0 heterocycles. The van der Waals surface area contributed by atoms with Gasteiger partial charge in [-0.05, 0) is 12.8 Å². The van der Waals surface area contributed by atoms with Crippen molar-refractivity contribution in [3.8, 4) is 0 Å². The Labute approximate surface area is 121 Å². The predicted octanol–water partition coefficient (Wildman–Crippen LogP) is 5.84. The van der Waals surface area contributed by atoms with Gasteiger partial charge in [-0.1, -0.05) is 49.3 Å². The van der Waals surface area contributed by atoms with E-state index >= 15 is 0 Å². The van der Waals surface area contributed by atoms with Gasteiger partial charge >= 0.3 is 18.0 Å². The first-order chi connectivity index (χ1) is 8.43. The summed E-state index contributed by atoms with van der Waals surface area (Å²) in [7, 11) is 0. The summed E-state index contributed by atoms with van der Waals surface area (Å²) >= 11 is 1.54. The van der Waals surface area contributed by atoms with Crippen LogP contribution in [0, 0.1) is 5.92 Å². The molecule has 0 aliphatic rings. The van der Waals surface area contributed by atoms with Crippen LogP contribution in [0.1, 0.15) is 39.5 Å². The smallest absolute Gasteiger partial charge is 0.199 e. The Bertz CT molecular complexity index is 275. The van der Waals surface area contributed by atoms with Crippen LogP contribution < -0.4 is 0 Å². The van der Waals surface area contributed by atoms with Crippen LogP contribution in [0.5, 0.6) is 0 Å². The molecule has 0 amide bonds. The van der Waals surface area contributed by atoms with Crippen molar-refractivity contribution in [1.82, 2.24) is 0 Å². The molecule has 0 fully saturated rings. The number of hydrogen-bond acceptors (Lipinski definition) is 0. The molecule has 0 aliphatic carbocycles. The van der Waals surface area contributed by atoms with Crippen molar-refractivity contribution in [2.75, 3.05) is 0 Å². The Morgan fingerprint density at radius 2 is 1.42 bits per heavy atom. The highest BCUT2D eigenvalue weighted by Gasteiger charge is 2.75. The lowest BCUT2D eigenvalue weighted by atomic mass is 9.88. The number of hydrogen-bond donors (Lipinski definition) is 0. The molecule has 0 aromatic carbocycles. The summed E-state index contributed by atoms with van der Waals surface area (Å²) in [5.74, 6) is -13.1. The van der Waals surface area contributed by atoms with E-state index in [0.717, 1.165) is 0 Å². The molecular formula is C11H16F7I. The minimum Gasteiger partial charge on any atom is -0.199 e. The van der Waals surface area contributed by atoms with E-state index in [2.05, 4.69) is 0 Å². The minimum atomic E-state index is -6.25. The molecule has 2 atom stereocenters.